The second kappa shape index (κ2) is 10.6. The number of nitrogens with zero attached hydrogens (tertiary/aromatic N) is 3. The molecule has 1 unspecified atom stereocenters. The van der Waals surface area contributed by atoms with Gasteiger partial charge < -0.3 is 19.6 Å². The minimum Gasteiger partial charge on any atom is -0.477 e. The number of piperidine rings is 1. The number of amides is 1. The van der Waals surface area contributed by atoms with Gasteiger partial charge in [-0.3, -0.25) is 4.79 Å². The van der Waals surface area contributed by atoms with E-state index in [1.54, 1.807) is 23.2 Å². The van der Waals surface area contributed by atoms with Gasteiger partial charge in [-0.1, -0.05) is 18.6 Å². The molecule has 2 aliphatic heterocycles. The fraction of sp³-hybridized carbons (Fsp3) is 0.571. The molecule has 9 heteroatoms. The Kier molecular flexibility index (Phi) is 7.45. The first kappa shape index (κ1) is 26.0. The maximum atomic E-state index is 13.5. The number of hydrogen-bond acceptors (Lipinski definition) is 5. The first-order chi connectivity index (χ1) is 17.7. The van der Waals surface area contributed by atoms with Crippen LogP contribution in [-0.4, -0.2) is 77.4 Å². The molecule has 5 rings (SSSR count). The number of hydrogen-bond donors (Lipinski definition) is 1. The van der Waals surface area contributed by atoms with Crippen LogP contribution in [0.2, 0.25) is 0 Å². The number of halogens is 3. The van der Waals surface area contributed by atoms with E-state index < -0.39 is 17.7 Å². The standard InChI is InChI=1S/C28H34F3N3O3/c29-28(30,31)27(11-1-12-27)19-33-13-8-20(9-14-33)18-37-25-7-6-23(16-32-25)21-2-4-22(5-3-21)26(36)34-15-10-24(35)17-34/h2-7,16,20,24,35H,1,8-15,17-19H2. The molecule has 1 atom stereocenters. The molecule has 2 saturated heterocycles. The lowest BCUT2D eigenvalue weighted by Gasteiger charge is -2.47. The van der Waals surface area contributed by atoms with Crippen molar-refractivity contribution in [3.63, 3.8) is 0 Å². The summed E-state index contributed by atoms with van der Waals surface area (Å²) in [5, 5.41) is 9.66. The average molecular weight is 518 g/mol. The maximum absolute atomic E-state index is 13.5. The van der Waals surface area contributed by atoms with Crippen LogP contribution in [0.15, 0.2) is 42.6 Å². The third-order valence-corrected chi connectivity index (χ3v) is 8.26. The Hall–Kier alpha value is -2.65. The van der Waals surface area contributed by atoms with Crippen molar-refractivity contribution in [3.8, 4) is 17.0 Å². The maximum Gasteiger partial charge on any atom is 0.395 e. The monoisotopic (exact) mass is 517 g/mol. The minimum atomic E-state index is -4.11. The number of pyridine rings is 1. The number of benzene rings is 1. The van der Waals surface area contributed by atoms with Crippen molar-refractivity contribution in [3.05, 3.63) is 48.2 Å². The van der Waals surface area contributed by atoms with E-state index in [0.717, 1.165) is 24.0 Å². The van der Waals surface area contributed by atoms with Crippen molar-refractivity contribution >= 4 is 5.91 Å². The van der Waals surface area contributed by atoms with Crippen LogP contribution in [0.3, 0.4) is 0 Å². The number of β-amino-alcohol motifs (C(OH)–C–C–N with tert-alkyl or cyclic N) is 1. The molecule has 37 heavy (non-hydrogen) atoms. The molecule has 1 saturated carbocycles. The molecule has 2 aromatic rings. The van der Waals surface area contributed by atoms with E-state index in [9.17, 15) is 23.1 Å². The molecule has 3 heterocycles. The summed E-state index contributed by atoms with van der Waals surface area (Å²) in [7, 11) is 0. The van der Waals surface area contributed by atoms with Crippen LogP contribution < -0.4 is 4.74 Å². The highest BCUT2D eigenvalue weighted by Crippen LogP contribution is 2.53. The molecular weight excluding hydrogens is 483 g/mol. The highest BCUT2D eigenvalue weighted by atomic mass is 19.4. The van der Waals surface area contributed by atoms with Crippen molar-refractivity contribution < 1.29 is 27.8 Å². The Bertz CT molecular complexity index is 1060. The second-order valence-corrected chi connectivity index (χ2v) is 10.8. The second-order valence-electron chi connectivity index (χ2n) is 10.8. The van der Waals surface area contributed by atoms with E-state index in [4.69, 9.17) is 4.74 Å². The summed E-state index contributed by atoms with van der Waals surface area (Å²) < 4.78 is 46.3. The van der Waals surface area contributed by atoms with Crippen LogP contribution in [-0.2, 0) is 0 Å². The molecule has 0 bridgehead atoms. The topological polar surface area (TPSA) is 65.9 Å². The zero-order chi connectivity index (χ0) is 26.0. The van der Waals surface area contributed by atoms with Gasteiger partial charge in [-0.2, -0.15) is 13.2 Å². The minimum absolute atomic E-state index is 0.0706. The lowest BCUT2D eigenvalue weighted by atomic mass is 9.67. The normalized spacial score (nSPS) is 22.6. The number of aromatic nitrogens is 1. The number of ether oxygens (including phenoxy) is 1. The van der Waals surface area contributed by atoms with E-state index in [2.05, 4.69) is 4.98 Å². The summed E-state index contributed by atoms with van der Waals surface area (Å²) in [4.78, 5) is 20.6. The largest absolute Gasteiger partial charge is 0.477 e. The Morgan fingerprint density at radius 3 is 2.27 bits per heavy atom. The predicted molar refractivity (Wildman–Crippen MR) is 133 cm³/mol. The molecule has 200 valence electrons. The van der Waals surface area contributed by atoms with Crippen molar-refractivity contribution in [2.75, 3.05) is 39.3 Å². The molecule has 1 aliphatic carbocycles. The molecule has 6 nitrogen and oxygen atoms in total. The van der Waals surface area contributed by atoms with E-state index in [1.807, 2.05) is 29.2 Å². The number of alkyl halides is 3. The van der Waals surface area contributed by atoms with E-state index in [1.165, 1.54) is 0 Å². The number of carbonyl (C=O) groups excluding carboxylic acids is 1. The van der Waals surface area contributed by atoms with Crippen LogP contribution in [0.5, 0.6) is 5.88 Å². The highest BCUT2D eigenvalue weighted by Gasteiger charge is 2.58. The van der Waals surface area contributed by atoms with Crippen molar-refractivity contribution in [1.29, 1.82) is 0 Å². The Balaban J connectivity index is 1.08. The summed E-state index contributed by atoms with van der Waals surface area (Å²) in [5.41, 5.74) is 0.950. The van der Waals surface area contributed by atoms with Gasteiger partial charge in [-0.25, -0.2) is 4.98 Å². The molecule has 1 aromatic heterocycles. The van der Waals surface area contributed by atoms with Gasteiger partial charge in [-0.15, -0.1) is 0 Å². The number of rotatable bonds is 7. The van der Waals surface area contributed by atoms with Gasteiger partial charge in [0.2, 0.25) is 5.88 Å². The number of carbonyl (C=O) groups is 1. The molecule has 3 aliphatic rings. The molecule has 0 radical (unpaired) electrons. The third kappa shape index (κ3) is 5.77. The zero-order valence-corrected chi connectivity index (χ0v) is 20.9. The van der Waals surface area contributed by atoms with Crippen LogP contribution >= 0.6 is 0 Å². The third-order valence-electron chi connectivity index (χ3n) is 8.26. The van der Waals surface area contributed by atoms with Crippen molar-refractivity contribution in [2.45, 2.75) is 50.8 Å². The van der Waals surface area contributed by atoms with Crippen molar-refractivity contribution in [1.82, 2.24) is 14.8 Å². The molecular formula is C28H34F3N3O3. The van der Waals surface area contributed by atoms with E-state index >= 15 is 0 Å². The number of likely N-dealkylation sites (tertiary alicyclic amines) is 2. The van der Waals surface area contributed by atoms with Gasteiger partial charge in [0.1, 0.15) is 0 Å². The fourth-order valence-corrected chi connectivity index (χ4v) is 5.63. The number of aliphatic hydroxyl groups is 1. The fourth-order valence-electron chi connectivity index (χ4n) is 5.63. The van der Waals surface area contributed by atoms with Crippen LogP contribution in [0.1, 0.15) is 48.9 Å². The quantitative estimate of drug-likeness (QED) is 0.573. The smallest absolute Gasteiger partial charge is 0.395 e. The van der Waals surface area contributed by atoms with Crippen LogP contribution in [0.4, 0.5) is 13.2 Å². The Labute approximate surface area is 215 Å². The lowest BCUT2D eigenvalue weighted by Crippen LogP contribution is -2.53. The summed E-state index contributed by atoms with van der Waals surface area (Å²) in [6.45, 7) is 2.94. The van der Waals surface area contributed by atoms with Gasteiger partial charge in [-0.05, 0) is 74.9 Å². The summed E-state index contributed by atoms with van der Waals surface area (Å²) >= 11 is 0. The number of aliphatic hydroxyl groups excluding tert-OH is 1. The molecule has 1 amide bonds. The van der Waals surface area contributed by atoms with Gasteiger partial charge in [0.15, 0.2) is 0 Å². The average Bonchev–Trinajstić information content (AvgIpc) is 3.31. The Morgan fingerprint density at radius 2 is 1.73 bits per heavy atom. The predicted octanol–water partition coefficient (Wildman–Crippen LogP) is 4.78. The van der Waals surface area contributed by atoms with Gasteiger partial charge in [0.05, 0.1) is 18.1 Å². The zero-order valence-electron chi connectivity index (χ0n) is 20.9. The summed E-state index contributed by atoms with van der Waals surface area (Å²) in [6, 6.07) is 11.1. The molecule has 1 N–H and O–H groups in total. The van der Waals surface area contributed by atoms with E-state index in [-0.39, 0.29) is 25.3 Å². The molecule has 1 aromatic carbocycles. The summed E-state index contributed by atoms with van der Waals surface area (Å²) in [6.07, 6.45) is 0.643. The first-order valence-electron chi connectivity index (χ1n) is 13.2. The van der Waals surface area contributed by atoms with Gasteiger partial charge >= 0.3 is 6.18 Å². The van der Waals surface area contributed by atoms with Gasteiger partial charge in [0.25, 0.3) is 5.91 Å². The SMILES string of the molecule is O=C(c1ccc(-c2ccc(OCC3CCN(CC4(C(F)(F)F)CCC4)CC3)nc2)cc1)N1CCC(O)C1. The first-order valence-corrected chi connectivity index (χ1v) is 13.2. The Morgan fingerprint density at radius 1 is 1.03 bits per heavy atom. The summed E-state index contributed by atoms with van der Waals surface area (Å²) in [5.74, 6) is 0.762. The van der Waals surface area contributed by atoms with Gasteiger partial charge in [0, 0.05) is 43.0 Å². The molecule has 3 fully saturated rings. The van der Waals surface area contributed by atoms with Crippen LogP contribution in [0.25, 0.3) is 11.1 Å². The van der Waals surface area contributed by atoms with Crippen LogP contribution in [0, 0.1) is 11.3 Å². The van der Waals surface area contributed by atoms with Crippen molar-refractivity contribution in [2.24, 2.45) is 11.3 Å². The van der Waals surface area contributed by atoms with E-state index in [0.29, 0.717) is 63.0 Å². The lowest BCUT2D eigenvalue weighted by molar-refractivity contribution is -0.256. The highest BCUT2D eigenvalue weighted by molar-refractivity contribution is 5.94. The molecule has 0 spiro atoms.